The fourth-order valence-electron chi connectivity index (χ4n) is 4.14. The van der Waals surface area contributed by atoms with Crippen molar-refractivity contribution in [2.45, 2.75) is 48.5 Å². The Morgan fingerprint density at radius 3 is 2.52 bits per heavy atom. The van der Waals surface area contributed by atoms with Crippen molar-refractivity contribution in [3.63, 3.8) is 0 Å². The third-order valence-electron chi connectivity index (χ3n) is 6.17. The summed E-state index contributed by atoms with van der Waals surface area (Å²) in [5, 5.41) is 13.9. The summed E-state index contributed by atoms with van der Waals surface area (Å²) < 4.78 is 12.2. The van der Waals surface area contributed by atoms with Gasteiger partial charge in [-0.05, 0) is 55.7 Å². The quantitative estimate of drug-likeness (QED) is 0.723. The molecule has 2 N–H and O–H groups in total. The smallest absolute Gasteiger partial charge is 0.227 e. The number of halogens is 1. The van der Waals surface area contributed by atoms with Crippen LogP contribution in [0, 0.1) is 0 Å². The van der Waals surface area contributed by atoms with Crippen molar-refractivity contribution in [2.24, 2.45) is 0 Å². The summed E-state index contributed by atoms with van der Waals surface area (Å²) in [6.45, 7) is 1.79. The van der Waals surface area contributed by atoms with Gasteiger partial charge in [0, 0.05) is 24.4 Å². The Morgan fingerprint density at radius 1 is 1.28 bits per heavy atom. The molecule has 156 valence electrons. The van der Waals surface area contributed by atoms with E-state index >= 15 is 0 Å². The molecule has 1 aromatic carbocycles. The first-order valence-corrected chi connectivity index (χ1v) is 12.0. The molecule has 2 fully saturated rings. The van der Waals surface area contributed by atoms with Crippen LogP contribution in [0.3, 0.4) is 0 Å². The Labute approximate surface area is 179 Å². The zero-order valence-electron chi connectivity index (χ0n) is 16.6. The molecule has 29 heavy (non-hydrogen) atoms. The number of rotatable bonds is 6. The molecule has 6 nitrogen and oxygen atoms in total. The monoisotopic (exact) mass is 434 g/mol. The number of anilines is 2. The molecule has 2 aromatic rings. The minimum atomic E-state index is -1.20. The van der Waals surface area contributed by atoms with Crippen LogP contribution < -0.4 is 10.2 Å². The average Bonchev–Trinajstić information content (AvgIpc) is 2.71. The summed E-state index contributed by atoms with van der Waals surface area (Å²) in [4.78, 5) is 12.0. The summed E-state index contributed by atoms with van der Waals surface area (Å²) in [6, 6.07) is 8.12. The van der Waals surface area contributed by atoms with E-state index in [-0.39, 0.29) is 12.1 Å². The van der Waals surface area contributed by atoms with Gasteiger partial charge in [0.25, 0.3) is 0 Å². The molecule has 1 aliphatic heterocycles. The van der Waals surface area contributed by atoms with Gasteiger partial charge < -0.3 is 15.3 Å². The third-order valence-corrected chi connectivity index (χ3v) is 7.34. The van der Waals surface area contributed by atoms with E-state index < -0.39 is 10.8 Å². The van der Waals surface area contributed by atoms with Crippen molar-refractivity contribution in [1.29, 1.82) is 0 Å². The number of aliphatic hydroxyl groups excluding tert-OH is 1. The van der Waals surface area contributed by atoms with Crippen LogP contribution in [-0.2, 0) is 10.8 Å². The molecule has 0 bridgehead atoms. The molecule has 4 rings (SSSR count). The lowest BCUT2D eigenvalue weighted by molar-refractivity contribution is 0.143. The van der Waals surface area contributed by atoms with E-state index in [1.165, 1.54) is 5.56 Å². The highest BCUT2D eigenvalue weighted by Gasteiger charge is 2.37. The molecule has 1 saturated carbocycles. The molecule has 0 radical (unpaired) electrons. The fourth-order valence-corrected chi connectivity index (χ4v) is 4.83. The number of aromatic nitrogens is 2. The average molecular weight is 435 g/mol. The number of piperidine rings is 1. The Bertz CT molecular complexity index is 875. The maximum atomic E-state index is 12.2. The molecular formula is C21H27ClN4O2S. The summed E-state index contributed by atoms with van der Waals surface area (Å²) in [6.07, 6.45) is 8.21. The van der Waals surface area contributed by atoms with Crippen LogP contribution in [-0.4, -0.2) is 50.8 Å². The topological polar surface area (TPSA) is 78.4 Å². The predicted molar refractivity (Wildman–Crippen MR) is 117 cm³/mol. The Kier molecular flexibility index (Phi) is 6.08. The van der Waals surface area contributed by atoms with E-state index in [9.17, 15) is 9.32 Å². The van der Waals surface area contributed by atoms with Gasteiger partial charge in [-0.25, -0.2) is 4.98 Å². The van der Waals surface area contributed by atoms with Crippen LogP contribution in [0.5, 0.6) is 0 Å². The number of hydrogen-bond acceptors (Lipinski definition) is 6. The normalized spacial score (nSPS) is 20.2. The zero-order chi connectivity index (χ0) is 20.4. The SMILES string of the molecule is CS(=O)c1cnc(N2CCC(c3ccc(Cl)cc3)CC2)nc1NC1(CO)CCC1. The van der Waals surface area contributed by atoms with Gasteiger partial charge in [0.1, 0.15) is 5.82 Å². The van der Waals surface area contributed by atoms with Crippen molar-refractivity contribution < 1.29 is 9.32 Å². The Balaban J connectivity index is 1.49. The van der Waals surface area contributed by atoms with Gasteiger partial charge in [0.2, 0.25) is 5.95 Å². The molecule has 0 amide bonds. The van der Waals surface area contributed by atoms with Gasteiger partial charge in [0.05, 0.1) is 34.0 Å². The number of nitrogens with zero attached hydrogens (tertiary/aromatic N) is 3. The van der Waals surface area contributed by atoms with E-state index in [0.717, 1.165) is 50.2 Å². The molecule has 1 atom stereocenters. The van der Waals surface area contributed by atoms with Gasteiger partial charge in [-0.15, -0.1) is 0 Å². The lowest BCUT2D eigenvalue weighted by atomic mass is 9.77. The van der Waals surface area contributed by atoms with Crippen LogP contribution in [0.2, 0.25) is 5.02 Å². The second-order valence-electron chi connectivity index (χ2n) is 8.07. The van der Waals surface area contributed by atoms with E-state index in [0.29, 0.717) is 22.6 Å². The largest absolute Gasteiger partial charge is 0.394 e. The van der Waals surface area contributed by atoms with Gasteiger partial charge in [0.15, 0.2) is 0 Å². The molecule has 2 heterocycles. The van der Waals surface area contributed by atoms with E-state index in [4.69, 9.17) is 16.6 Å². The molecule has 8 heteroatoms. The minimum absolute atomic E-state index is 0.0502. The van der Waals surface area contributed by atoms with Gasteiger partial charge in [-0.2, -0.15) is 4.98 Å². The van der Waals surface area contributed by atoms with Gasteiger partial charge >= 0.3 is 0 Å². The van der Waals surface area contributed by atoms with E-state index in [1.54, 1.807) is 12.5 Å². The lowest BCUT2D eigenvalue weighted by Crippen LogP contribution is -2.48. The van der Waals surface area contributed by atoms with Crippen molar-refractivity contribution in [3.8, 4) is 0 Å². The van der Waals surface area contributed by atoms with E-state index in [1.807, 2.05) is 12.1 Å². The number of aliphatic hydroxyl groups is 1. The zero-order valence-corrected chi connectivity index (χ0v) is 18.2. The third kappa shape index (κ3) is 4.42. The van der Waals surface area contributed by atoms with Gasteiger partial charge in [-0.3, -0.25) is 4.21 Å². The van der Waals surface area contributed by atoms with E-state index in [2.05, 4.69) is 27.3 Å². The lowest BCUT2D eigenvalue weighted by Gasteiger charge is -2.41. The molecule has 1 unspecified atom stereocenters. The second-order valence-corrected chi connectivity index (χ2v) is 9.85. The molecule has 0 spiro atoms. The van der Waals surface area contributed by atoms with Crippen molar-refractivity contribution in [1.82, 2.24) is 9.97 Å². The summed E-state index contributed by atoms with van der Waals surface area (Å²) in [7, 11) is -1.20. The predicted octanol–water partition coefficient (Wildman–Crippen LogP) is 3.58. The molecular weight excluding hydrogens is 408 g/mol. The Morgan fingerprint density at radius 2 is 1.97 bits per heavy atom. The first kappa shape index (κ1) is 20.6. The standard InChI is InChI=1S/C21H27ClN4O2S/c1-29(28)18-13-23-20(24-19(18)25-21(14-27)9-2-10-21)26-11-7-16(8-12-26)15-3-5-17(22)6-4-15/h3-6,13,16,27H,2,7-12,14H2,1H3,(H,23,24,25). The van der Waals surface area contributed by atoms with Gasteiger partial charge in [-0.1, -0.05) is 23.7 Å². The number of nitrogens with one attached hydrogen (secondary N) is 1. The van der Waals surface area contributed by atoms with Crippen molar-refractivity contribution in [3.05, 3.63) is 41.0 Å². The highest BCUT2D eigenvalue weighted by molar-refractivity contribution is 7.84. The summed E-state index contributed by atoms with van der Waals surface area (Å²) in [5.74, 6) is 1.75. The van der Waals surface area contributed by atoms with Crippen LogP contribution in [0.1, 0.15) is 43.6 Å². The second kappa shape index (κ2) is 8.58. The van der Waals surface area contributed by atoms with Crippen LogP contribution in [0.4, 0.5) is 11.8 Å². The number of benzene rings is 1. The first-order chi connectivity index (χ1) is 14.0. The fraction of sp³-hybridized carbons (Fsp3) is 0.524. The molecule has 1 aromatic heterocycles. The van der Waals surface area contributed by atoms with Crippen molar-refractivity contribution >= 4 is 34.2 Å². The highest BCUT2D eigenvalue weighted by atomic mass is 35.5. The first-order valence-electron chi connectivity index (χ1n) is 10.1. The molecule has 1 saturated heterocycles. The number of hydrogen-bond donors (Lipinski definition) is 2. The summed E-state index contributed by atoms with van der Waals surface area (Å²) in [5.41, 5.74) is 0.977. The Hall–Kier alpha value is -1.70. The van der Waals surface area contributed by atoms with Crippen molar-refractivity contribution in [2.75, 3.05) is 36.2 Å². The summed E-state index contributed by atoms with van der Waals surface area (Å²) >= 11 is 6.01. The highest BCUT2D eigenvalue weighted by Crippen LogP contribution is 2.36. The van der Waals surface area contributed by atoms with Crippen LogP contribution in [0.15, 0.2) is 35.4 Å². The van der Waals surface area contributed by atoms with Crippen LogP contribution >= 0.6 is 11.6 Å². The maximum Gasteiger partial charge on any atom is 0.227 e. The minimum Gasteiger partial charge on any atom is -0.394 e. The van der Waals surface area contributed by atoms with Crippen LogP contribution in [0.25, 0.3) is 0 Å². The molecule has 1 aliphatic carbocycles. The molecule has 2 aliphatic rings. The maximum absolute atomic E-state index is 12.2.